The van der Waals surface area contributed by atoms with Crippen LogP contribution in [0.2, 0.25) is 0 Å². The molecule has 7 aromatic carbocycles. The Morgan fingerprint density at radius 3 is 2.16 bits per heavy atom. The van der Waals surface area contributed by atoms with E-state index in [0.29, 0.717) is 0 Å². The number of benzene rings is 7. The molecule has 4 heteroatoms. The fraction of sp³-hybridized carbons (Fsp3) is 0.0638. The SMILES string of the molecule is CC1(C)c2cc(-c3cccc(-c4nc(-c5cccc6ccccc56)nc5ccccc45)c3)ccc2-n2c3c1cccc3c1sc3ccccc3c12. The average Bonchev–Trinajstić information content (AvgIpc) is 3.72. The van der Waals surface area contributed by atoms with Gasteiger partial charge in [-0.3, -0.25) is 0 Å². The maximum atomic E-state index is 5.30. The maximum Gasteiger partial charge on any atom is 0.161 e. The molecule has 240 valence electrons. The molecule has 0 unspecified atom stereocenters. The highest BCUT2D eigenvalue weighted by atomic mass is 32.1. The van der Waals surface area contributed by atoms with Crippen LogP contribution in [-0.2, 0) is 5.41 Å². The van der Waals surface area contributed by atoms with E-state index >= 15 is 0 Å². The summed E-state index contributed by atoms with van der Waals surface area (Å²) in [5.41, 5.74) is 12.8. The van der Waals surface area contributed by atoms with Gasteiger partial charge in [0.2, 0.25) is 0 Å². The van der Waals surface area contributed by atoms with Crippen LogP contribution in [0, 0.1) is 0 Å². The van der Waals surface area contributed by atoms with Crippen molar-refractivity contribution in [3.63, 3.8) is 0 Å². The summed E-state index contributed by atoms with van der Waals surface area (Å²) in [5, 5.41) is 6.05. The highest BCUT2D eigenvalue weighted by Crippen LogP contribution is 2.51. The van der Waals surface area contributed by atoms with E-state index in [0.717, 1.165) is 38.9 Å². The van der Waals surface area contributed by atoms with Gasteiger partial charge in [0.1, 0.15) is 0 Å². The number of para-hydroxylation sites is 2. The summed E-state index contributed by atoms with van der Waals surface area (Å²) < 4.78 is 5.24. The minimum absolute atomic E-state index is 0.176. The van der Waals surface area contributed by atoms with Crippen molar-refractivity contribution in [2.24, 2.45) is 0 Å². The lowest BCUT2D eigenvalue weighted by Gasteiger charge is -2.35. The fourth-order valence-electron chi connectivity index (χ4n) is 8.50. The van der Waals surface area contributed by atoms with Gasteiger partial charge in [0.15, 0.2) is 5.82 Å². The molecule has 0 spiro atoms. The number of fused-ring (bicyclic) bond motifs is 9. The molecule has 0 fully saturated rings. The van der Waals surface area contributed by atoms with Crippen molar-refractivity contribution in [3.8, 4) is 39.5 Å². The van der Waals surface area contributed by atoms with E-state index in [1.807, 2.05) is 11.3 Å². The molecule has 4 heterocycles. The molecule has 0 amide bonds. The highest BCUT2D eigenvalue weighted by molar-refractivity contribution is 7.26. The molecule has 1 aliphatic heterocycles. The smallest absolute Gasteiger partial charge is 0.161 e. The Labute approximate surface area is 299 Å². The van der Waals surface area contributed by atoms with E-state index in [2.05, 4.69) is 170 Å². The Morgan fingerprint density at radius 2 is 1.24 bits per heavy atom. The molecule has 0 radical (unpaired) electrons. The first-order valence-corrected chi connectivity index (χ1v) is 18.3. The van der Waals surface area contributed by atoms with Gasteiger partial charge in [-0.15, -0.1) is 11.3 Å². The predicted molar refractivity (Wildman–Crippen MR) is 215 cm³/mol. The second-order valence-corrected chi connectivity index (χ2v) is 15.2. The lowest BCUT2D eigenvalue weighted by Crippen LogP contribution is -2.26. The van der Waals surface area contributed by atoms with Gasteiger partial charge in [0.05, 0.1) is 32.6 Å². The van der Waals surface area contributed by atoms with E-state index in [1.165, 1.54) is 64.5 Å². The van der Waals surface area contributed by atoms with Gasteiger partial charge in [-0.1, -0.05) is 135 Å². The Balaban J connectivity index is 1.10. The van der Waals surface area contributed by atoms with Gasteiger partial charge in [-0.2, -0.15) is 0 Å². The normalized spacial score (nSPS) is 13.5. The molecule has 0 N–H and O–H groups in total. The number of rotatable bonds is 3. The zero-order valence-corrected chi connectivity index (χ0v) is 29.0. The number of aromatic nitrogens is 3. The van der Waals surface area contributed by atoms with E-state index in [4.69, 9.17) is 9.97 Å². The molecule has 0 aliphatic carbocycles. The molecular weight excluding hydrogens is 639 g/mol. The van der Waals surface area contributed by atoms with Gasteiger partial charge in [-0.05, 0) is 63.4 Å². The minimum atomic E-state index is -0.176. The molecule has 10 aromatic rings. The third kappa shape index (κ3) is 4.05. The van der Waals surface area contributed by atoms with Crippen LogP contribution >= 0.6 is 11.3 Å². The van der Waals surface area contributed by atoms with Crippen LogP contribution in [-0.4, -0.2) is 14.5 Å². The summed E-state index contributed by atoms with van der Waals surface area (Å²) in [7, 11) is 0. The van der Waals surface area contributed by atoms with Crippen LogP contribution in [0.5, 0.6) is 0 Å². The van der Waals surface area contributed by atoms with Crippen molar-refractivity contribution in [1.29, 1.82) is 0 Å². The molecule has 0 bridgehead atoms. The molecule has 3 nitrogen and oxygen atoms in total. The largest absolute Gasteiger partial charge is 0.307 e. The average molecular weight is 670 g/mol. The Kier molecular flexibility index (Phi) is 5.89. The molecule has 1 aliphatic rings. The quantitative estimate of drug-likeness (QED) is 0.187. The van der Waals surface area contributed by atoms with E-state index in [9.17, 15) is 0 Å². The molecule has 3 aromatic heterocycles. The van der Waals surface area contributed by atoms with E-state index < -0.39 is 0 Å². The van der Waals surface area contributed by atoms with Crippen molar-refractivity contribution < 1.29 is 0 Å². The summed E-state index contributed by atoms with van der Waals surface area (Å²) in [6.45, 7) is 4.76. The summed E-state index contributed by atoms with van der Waals surface area (Å²) in [4.78, 5) is 10.4. The van der Waals surface area contributed by atoms with Crippen molar-refractivity contribution in [3.05, 3.63) is 163 Å². The van der Waals surface area contributed by atoms with Gasteiger partial charge >= 0.3 is 0 Å². The monoisotopic (exact) mass is 669 g/mol. The lowest BCUT2D eigenvalue weighted by molar-refractivity contribution is 0.630. The van der Waals surface area contributed by atoms with Gasteiger partial charge in [0.25, 0.3) is 0 Å². The topological polar surface area (TPSA) is 30.7 Å². The zero-order chi connectivity index (χ0) is 33.8. The maximum absolute atomic E-state index is 5.30. The van der Waals surface area contributed by atoms with Gasteiger partial charge in [0, 0.05) is 37.4 Å². The molecule has 51 heavy (non-hydrogen) atoms. The second-order valence-electron chi connectivity index (χ2n) is 14.2. The third-order valence-electron chi connectivity index (χ3n) is 11.0. The van der Waals surface area contributed by atoms with Crippen LogP contribution in [0.15, 0.2) is 152 Å². The standard InChI is InChI=1S/C47H31N3S/c1-47(2)37-21-11-20-36-43(37)50(44-35-18-6-8-23-41(35)51-45(36)44)40-25-24-30(27-38(40)47)29-14-9-15-31(26-29)42-34-17-5-7-22-39(34)48-46(49-42)33-19-10-13-28-12-3-4-16-32(28)33/h3-27H,1-2H3. The second kappa shape index (κ2) is 10.5. The Morgan fingerprint density at radius 1 is 0.529 bits per heavy atom. The number of thiophene rings is 1. The van der Waals surface area contributed by atoms with E-state index in [-0.39, 0.29) is 5.41 Å². The molecule has 0 atom stereocenters. The van der Waals surface area contributed by atoms with E-state index in [1.54, 1.807) is 0 Å². The minimum Gasteiger partial charge on any atom is -0.307 e. The molecular formula is C47H31N3S. The van der Waals surface area contributed by atoms with Crippen LogP contribution in [0.3, 0.4) is 0 Å². The van der Waals surface area contributed by atoms with Gasteiger partial charge in [-0.25, -0.2) is 9.97 Å². The Hall–Kier alpha value is -6.10. The van der Waals surface area contributed by atoms with Crippen molar-refractivity contribution in [2.75, 3.05) is 0 Å². The fourth-order valence-corrected chi connectivity index (χ4v) is 9.71. The summed E-state index contributed by atoms with van der Waals surface area (Å²) in [6.07, 6.45) is 0. The molecule has 0 saturated carbocycles. The first-order valence-electron chi connectivity index (χ1n) is 17.5. The number of hydrogen-bond donors (Lipinski definition) is 0. The predicted octanol–water partition coefficient (Wildman–Crippen LogP) is 12.7. The summed E-state index contributed by atoms with van der Waals surface area (Å²) in [6, 6.07) is 54.8. The first kappa shape index (κ1) is 28.7. The molecule has 0 saturated heterocycles. The highest BCUT2D eigenvalue weighted by Gasteiger charge is 2.36. The van der Waals surface area contributed by atoms with Crippen LogP contribution in [0.25, 0.3) is 92.3 Å². The van der Waals surface area contributed by atoms with Crippen molar-refractivity contribution >= 4 is 64.2 Å². The Bertz CT molecular complexity index is 3070. The first-order chi connectivity index (χ1) is 25.0. The van der Waals surface area contributed by atoms with Crippen LogP contribution in [0.4, 0.5) is 0 Å². The van der Waals surface area contributed by atoms with Gasteiger partial charge < -0.3 is 4.57 Å². The number of hydrogen-bond acceptors (Lipinski definition) is 3. The van der Waals surface area contributed by atoms with Crippen LogP contribution < -0.4 is 0 Å². The van der Waals surface area contributed by atoms with Crippen LogP contribution in [0.1, 0.15) is 25.0 Å². The lowest BCUT2D eigenvalue weighted by atomic mass is 9.74. The van der Waals surface area contributed by atoms with Crippen molar-refractivity contribution in [2.45, 2.75) is 19.3 Å². The third-order valence-corrected chi connectivity index (χ3v) is 12.2. The summed E-state index contributed by atoms with van der Waals surface area (Å²) in [5.74, 6) is 0.741. The zero-order valence-electron chi connectivity index (χ0n) is 28.2. The van der Waals surface area contributed by atoms with Crippen molar-refractivity contribution in [1.82, 2.24) is 14.5 Å². The number of nitrogens with zero attached hydrogens (tertiary/aromatic N) is 3. The molecule has 11 rings (SSSR count). The summed E-state index contributed by atoms with van der Waals surface area (Å²) >= 11 is 1.91.